The van der Waals surface area contributed by atoms with Crippen LogP contribution in [0.25, 0.3) is 0 Å². The lowest BCUT2D eigenvalue weighted by Crippen LogP contribution is -2.16. The molecule has 3 aromatic rings. The predicted molar refractivity (Wildman–Crippen MR) is 97.9 cm³/mol. The second-order valence-electron chi connectivity index (χ2n) is 5.99. The summed E-state index contributed by atoms with van der Waals surface area (Å²) < 4.78 is 70.4. The molecule has 0 spiro atoms. The quantitative estimate of drug-likeness (QED) is 0.642. The van der Waals surface area contributed by atoms with Crippen LogP contribution in [0.4, 0.5) is 24.7 Å². The zero-order chi connectivity index (χ0) is 21.2. The first-order valence-corrected chi connectivity index (χ1v) is 9.58. The maximum Gasteiger partial charge on any atom is 0.416 e. The van der Waals surface area contributed by atoms with Gasteiger partial charge in [-0.05, 0) is 43.3 Å². The van der Waals surface area contributed by atoms with E-state index in [1.165, 1.54) is 30.3 Å². The van der Waals surface area contributed by atoms with Gasteiger partial charge >= 0.3 is 6.18 Å². The molecule has 3 rings (SSSR count). The number of amides is 1. The van der Waals surface area contributed by atoms with Crippen LogP contribution in [0.5, 0.6) is 0 Å². The maximum atomic E-state index is 12.8. The first-order chi connectivity index (χ1) is 13.5. The van der Waals surface area contributed by atoms with Gasteiger partial charge in [0.05, 0.1) is 10.5 Å². The van der Waals surface area contributed by atoms with Crippen LogP contribution in [-0.2, 0) is 16.2 Å². The van der Waals surface area contributed by atoms with Crippen molar-refractivity contribution in [1.29, 1.82) is 0 Å². The number of nitrogens with zero attached hydrogens (tertiary/aromatic N) is 1. The summed E-state index contributed by atoms with van der Waals surface area (Å²) in [7, 11) is -4.23. The van der Waals surface area contributed by atoms with Gasteiger partial charge in [0.2, 0.25) is 0 Å². The Labute approximate surface area is 163 Å². The van der Waals surface area contributed by atoms with Gasteiger partial charge in [-0.1, -0.05) is 17.3 Å². The number of hydrogen-bond donors (Lipinski definition) is 2. The summed E-state index contributed by atoms with van der Waals surface area (Å²) in [4.78, 5) is 12.0. The van der Waals surface area contributed by atoms with Crippen LogP contribution < -0.4 is 10.0 Å². The number of carbonyl (C=O) groups excluding carboxylic acids is 1. The molecule has 2 N–H and O–H groups in total. The molecule has 0 atom stereocenters. The number of nitrogens with one attached hydrogen (secondary N) is 2. The van der Waals surface area contributed by atoms with Crippen LogP contribution in [-0.4, -0.2) is 19.5 Å². The average molecular weight is 425 g/mol. The van der Waals surface area contributed by atoms with Gasteiger partial charge in [-0.15, -0.1) is 0 Å². The van der Waals surface area contributed by atoms with Gasteiger partial charge in [0.25, 0.3) is 15.9 Å². The van der Waals surface area contributed by atoms with Crippen molar-refractivity contribution in [1.82, 2.24) is 5.16 Å². The molecule has 11 heteroatoms. The third kappa shape index (κ3) is 4.93. The Morgan fingerprint density at radius 3 is 2.45 bits per heavy atom. The fraction of sp³-hybridized carbons (Fsp3) is 0.111. The normalized spacial score (nSPS) is 11.9. The van der Waals surface area contributed by atoms with Crippen LogP contribution in [0, 0.1) is 6.92 Å². The number of carbonyl (C=O) groups is 1. The van der Waals surface area contributed by atoms with Gasteiger partial charge in [0.15, 0.2) is 5.82 Å². The molecule has 0 saturated carbocycles. The highest BCUT2D eigenvalue weighted by Crippen LogP contribution is 2.31. The van der Waals surface area contributed by atoms with Crippen molar-refractivity contribution in [2.75, 3.05) is 10.0 Å². The van der Waals surface area contributed by atoms with Gasteiger partial charge < -0.3 is 9.84 Å². The number of benzene rings is 2. The van der Waals surface area contributed by atoms with Crippen LogP contribution in [0.15, 0.2) is 64.0 Å². The van der Waals surface area contributed by atoms with Crippen molar-refractivity contribution in [3.05, 3.63) is 71.5 Å². The van der Waals surface area contributed by atoms with Crippen LogP contribution in [0.2, 0.25) is 0 Å². The van der Waals surface area contributed by atoms with Crippen LogP contribution in [0.1, 0.15) is 21.7 Å². The Balaban J connectivity index is 1.83. The fourth-order valence-corrected chi connectivity index (χ4v) is 3.49. The molecule has 29 heavy (non-hydrogen) atoms. The van der Waals surface area contributed by atoms with E-state index in [2.05, 4.69) is 15.2 Å². The first kappa shape index (κ1) is 20.4. The molecule has 0 bridgehead atoms. The summed E-state index contributed by atoms with van der Waals surface area (Å²) in [6, 6.07) is 10.3. The number of sulfonamides is 1. The molecule has 0 fully saturated rings. The number of hydrogen-bond acceptors (Lipinski definition) is 5. The van der Waals surface area contributed by atoms with Gasteiger partial charge in [-0.2, -0.15) is 13.2 Å². The largest absolute Gasteiger partial charge is 0.416 e. The first-order valence-electron chi connectivity index (χ1n) is 8.09. The van der Waals surface area contributed by atoms with E-state index in [-0.39, 0.29) is 22.0 Å². The minimum atomic E-state index is -4.61. The molecule has 0 radical (unpaired) electrons. The molecule has 0 aliphatic heterocycles. The van der Waals surface area contributed by atoms with E-state index in [1.807, 2.05) is 0 Å². The molecular weight excluding hydrogens is 411 g/mol. The summed E-state index contributed by atoms with van der Waals surface area (Å²) in [5.41, 5.74) is -1.24. The van der Waals surface area contributed by atoms with Crippen LogP contribution in [0.3, 0.4) is 0 Å². The third-order valence-electron chi connectivity index (χ3n) is 3.72. The lowest BCUT2D eigenvalue weighted by Gasteiger charge is -2.12. The van der Waals surface area contributed by atoms with E-state index >= 15 is 0 Å². The lowest BCUT2D eigenvalue weighted by atomic mass is 10.2. The highest BCUT2D eigenvalue weighted by atomic mass is 32.2. The van der Waals surface area contributed by atoms with Gasteiger partial charge in [-0.3, -0.25) is 9.52 Å². The molecule has 0 aliphatic carbocycles. The van der Waals surface area contributed by atoms with E-state index < -0.39 is 27.7 Å². The van der Waals surface area contributed by atoms with E-state index in [0.29, 0.717) is 11.8 Å². The van der Waals surface area contributed by atoms with E-state index in [4.69, 9.17) is 4.52 Å². The van der Waals surface area contributed by atoms with Gasteiger partial charge in [-0.25, -0.2) is 8.42 Å². The minimum Gasteiger partial charge on any atom is -0.360 e. The molecule has 1 heterocycles. The summed E-state index contributed by atoms with van der Waals surface area (Å²) in [5.74, 6) is -0.000754. The SMILES string of the molecule is Cc1cc(NC(=O)c2cccc(S(=O)(=O)Nc3cccc(C(F)(F)F)c3)c2)no1. The highest BCUT2D eigenvalue weighted by Gasteiger charge is 2.30. The third-order valence-corrected chi connectivity index (χ3v) is 5.10. The molecule has 1 aromatic heterocycles. The molecule has 0 saturated heterocycles. The summed E-state index contributed by atoms with van der Waals surface area (Å²) >= 11 is 0. The number of rotatable bonds is 5. The van der Waals surface area contributed by atoms with Crippen molar-refractivity contribution >= 4 is 27.4 Å². The second-order valence-corrected chi connectivity index (χ2v) is 7.67. The van der Waals surface area contributed by atoms with Crippen LogP contribution >= 0.6 is 0 Å². The zero-order valence-electron chi connectivity index (χ0n) is 14.8. The van der Waals surface area contributed by atoms with E-state index in [0.717, 1.165) is 18.2 Å². The smallest absolute Gasteiger partial charge is 0.360 e. The summed E-state index contributed by atoms with van der Waals surface area (Å²) in [6.07, 6.45) is -4.61. The average Bonchev–Trinajstić information content (AvgIpc) is 3.05. The molecule has 7 nitrogen and oxygen atoms in total. The van der Waals surface area contributed by atoms with Gasteiger partial charge in [0.1, 0.15) is 5.76 Å². The fourth-order valence-electron chi connectivity index (χ4n) is 2.39. The summed E-state index contributed by atoms with van der Waals surface area (Å²) in [6.45, 7) is 1.63. The molecular formula is C18H14F3N3O4S. The second kappa shape index (κ2) is 7.59. The lowest BCUT2D eigenvalue weighted by molar-refractivity contribution is -0.137. The van der Waals surface area contributed by atoms with Crippen molar-refractivity contribution < 1.29 is 30.9 Å². The van der Waals surface area contributed by atoms with Crippen molar-refractivity contribution in [2.24, 2.45) is 0 Å². The van der Waals surface area contributed by atoms with Crippen molar-refractivity contribution in [2.45, 2.75) is 18.0 Å². The Hall–Kier alpha value is -3.34. The topological polar surface area (TPSA) is 101 Å². The molecule has 0 unspecified atom stereocenters. The zero-order valence-corrected chi connectivity index (χ0v) is 15.6. The van der Waals surface area contributed by atoms with E-state index in [9.17, 15) is 26.4 Å². The molecule has 0 aliphatic rings. The predicted octanol–water partition coefficient (Wildman–Crippen LogP) is 4.05. The number of anilines is 2. The molecule has 2 aromatic carbocycles. The number of aromatic nitrogens is 1. The van der Waals surface area contributed by atoms with Crippen molar-refractivity contribution in [3.8, 4) is 0 Å². The highest BCUT2D eigenvalue weighted by molar-refractivity contribution is 7.92. The number of halogens is 3. The summed E-state index contributed by atoms with van der Waals surface area (Å²) in [5, 5.41) is 6.05. The Kier molecular flexibility index (Phi) is 5.33. The van der Waals surface area contributed by atoms with Crippen molar-refractivity contribution in [3.63, 3.8) is 0 Å². The standard InChI is InChI=1S/C18H14F3N3O4S/c1-11-8-16(23-28-11)22-17(25)12-4-2-7-15(9-12)29(26,27)24-14-6-3-5-13(10-14)18(19,20)21/h2-10,24H,1H3,(H,22,23,25). The Morgan fingerprint density at radius 1 is 1.07 bits per heavy atom. The minimum absolute atomic E-state index is 0.0116. The molecule has 1 amide bonds. The van der Waals surface area contributed by atoms with Gasteiger partial charge in [0, 0.05) is 17.3 Å². The van der Waals surface area contributed by atoms with E-state index in [1.54, 1.807) is 6.92 Å². The molecule has 152 valence electrons. The maximum absolute atomic E-state index is 12.8. The Morgan fingerprint density at radius 2 is 1.79 bits per heavy atom. The number of aryl methyl sites for hydroxylation is 1. The monoisotopic (exact) mass is 425 g/mol. The number of alkyl halides is 3. The Bertz CT molecular complexity index is 1160.